The van der Waals surface area contributed by atoms with Gasteiger partial charge in [0.25, 0.3) is 0 Å². The van der Waals surface area contributed by atoms with E-state index in [9.17, 15) is 15.0 Å². The molecular weight excluding hydrogens is 520 g/mol. The van der Waals surface area contributed by atoms with Crippen LogP contribution >= 0.6 is 11.8 Å². The molecule has 0 saturated carbocycles. The first-order chi connectivity index (χ1) is 18.1. The zero-order valence-corrected chi connectivity index (χ0v) is 27.6. The van der Waals surface area contributed by atoms with Gasteiger partial charge >= 0.3 is 5.97 Å². The predicted octanol–water partition coefficient (Wildman–Crippen LogP) is 7.69. The Morgan fingerprint density at radius 3 is 1.27 bits per heavy atom. The Morgan fingerprint density at radius 1 is 0.675 bits per heavy atom. The van der Waals surface area contributed by atoms with Crippen LogP contribution in [0.15, 0.2) is 24.3 Å². The van der Waals surface area contributed by atoms with Crippen LogP contribution in [0.25, 0.3) is 0 Å². The second-order valence-corrected chi connectivity index (χ2v) is 16.1. The summed E-state index contributed by atoms with van der Waals surface area (Å²) in [5.41, 5.74) is 3.16. The molecule has 0 bridgehead atoms. The number of hydrogen-bond acceptors (Lipinski definition) is 6. The number of aromatic hydroxyl groups is 2. The molecule has 6 heteroatoms. The number of ether oxygens (including phenoxy) is 1. The fraction of sp³-hybridized carbons (Fsp3) is 0.618. The van der Waals surface area contributed by atoms with Crippen molar-refractivity contribution in [2.75, 3.05) is 24.7 Å². The van der Waals surface area contributed by atoms with E-state index in [4.69, 9.17) is 9.84 Å². The molecule has 0 aliphatic heterocycles. The summed E-state index contributed by atoms with van der Waals surface area (Å²) in [5.74, 6) is 0.560. The molecule has 0 saturated heterocycles. The number of carbonyl (C=O) groups is 1. The second kappa shape index (κ2) is 12.4. The summed E-state index contributed by atoms with van der Waals surface area (Å²) >= 11 is 1.53. The van der Waals surface area contributed by atoms with E-state index in [1.807, 2.05) is 24.3 Å². The predicted molar refractivity (Wildman–Crippen MR) is 168 cm³/mol. The van der Waals surface area contributed by atoms with E-state index < -0.39 is 5.92 Å². The maximum atomic E-state index is 14.0. The van der Waals surface area contributed by atoms with Crippen LogP contribution in [0.2, 0.25) is 0 Å². The van der Waals surface area contributed by atoms with Gasteiger partial charge in [0.05, 0.1) is 6.61 Å². The van der Waals surface area contributed by atoms with Crippen molar-refractivity contribution in [3.8, 4) is 11.5 Å². The quantitative estimate of drug-likeness (QED) is 0.222. The first-order valence-electron chi connectivity index (χ1n) is 14.2. The van der Waals surface area contributed by atoms with Crippen LogP contribution in [0, 0.1) is 0 Å². The van der Waals surface area contributed by atoms with Crippen molar-refractivity contribution in [3.05, 3.63) is 57.6 Å². The number of aliphatic hydroxyl groups is 1. The van der Waals surface area contributed by atoms with Crippen molar-refractivity contribution in [1.29, 1.82) is 0 Å². The van der Waals surface area contributed by atoms with Gasteiger partial charge in [-0.15, -0.1) is 0 Å². The van der Waals surface area contributed by atoms with Crippen LogP contribution in [0.4, 0.5) is 0 Å². The smallest absolute Gasteiger partial charge is 0.317 e. The molecule has 0 atom stereocenters. The van der Waals surface area contributed by atoms with E-state index in [2.05, 4.69) is 83.1 Å². The lowest BCUT2D eigenvalue weighted by atomic mass is 9.74. The molecule has 0 spiro atoms. The largest absolute Gasteiger partial charge is 0.507 e. The van der Waals surface area contributed by atoms with Gasteiger partial charge in [-0.1, -0.05) is 107 Å². The molecule has 0 fully saturated rings. The first-order valence-corrected chi connectivity index (χ1v) is 15.4. The molecule has 2 aromatic rings. The summed E-state index contributed by atoms with van der Waals surface area (Å²) in [7, 11) is 0. The Morgan fingerprint density at radius 2 is 1.00 bits per heavy atom. The highest BCUT2D eigenvalue weighted by molar-refractivity contribution is 7.99. The van der Waals surface area contributed by atoms with Crippen LogP contribution in [-0.4, -0.2) is 46.0 Å². The minimum Gasteiger partial charge on any atom is -0.507 e. The molecule has 0 aromatic heterocycles. The topological polar surface area (TPSA) is 87.0 Å². The Labute approximate surface area is 246 Å². The monoisotopic (exact) mass is 572 g/mol. The molecule has 5 nitrogen and oxygen atoms in total. The van der Waals surface area contributed by atoms with Gasteiger partial charge in [0.2, 0.25) is 0 Å². The van der Waals surface area contributed by atoms with E-state index in [0.29, 0.717) is 11.5 Å². The fourth-order valence-electron chi connectivity index (χ4n) is 4.85. The molecule has 2 rings (SSSR count). The van der Waals surface area contributed by atoms with Gasteiger partial charge in [-0.3, -0.25) is 4.79 Å². The molecule has 2 aromatic carbocycles. The lowest BCUT2D eigenvalue weighted by molar-refractivity contribution is -0.143. The van der Waals surface area contributed by atoms with Crippen molar-refractivity contribution in [3.63, 3.8) is 0 Å². The van der Waals surface area contributed by atoms with E-state index in [0.717, 1.165) is 33.4 Å². The highest BCUT2D eigenvalue weighted by atomic mass is 32.2. The lowest BCUT2D eigenvalue weighted by Gasteiger charge is -2.31. The van der Waals surface area contributed by atoms with Crippen LogP contribution in [0.1, 0.15) is 122 Å². The molecule has 0 amide bonds. The number of esters is 1. The molecule has 224 valence electrons. The van der Waals surface area contributed by atoms with E-state index in [1.165, 1.54) is 11.8 Å². The molecule has 0 aliphatic carbocycles. The van der Waals surface area contributed by atoms with Gasteiger partial charge in [0.15, 0.2) is 0 Å². The molecule has 3 N–H and O–H groups in total. The highest BCUT2D eigenvalue weighted by Gasteiger charge is 2.34. The summed E-state index contributed by atoms with van der Waals surface area (Å²) in [6, 6.07) is 7.77. The normalized spacial score (nSPS) is 13.2. The van der Waals surface area contributed by atoms with Crippen molar-refractivity contribution in [2.24, 2.45) is 0 Å². The van der Waals surface area contributed by atoms with Gasteiger partial charge in [0.1, 0.15) is 24.0 Å². The number of thioether (sulfide) groups is 1. The average Bonchev–Trinajstić information content (AvgIpc) is 2.77. The van der Waals surface area contributed by atoms with Crippen molar-refractivity contribution >= 4 is 17.7 Å². The Kier molecular flexibility index (Phi) is 10.5. The number of aliphatic hydroxyl groups excluding tert-OH is 1. The highest BCUT2D eigenvalue weighted by Crippen LogP contribution is 2.45. The summed E-state index contributed by atoms with van der Waals surface area (Å²) in [6.07, 6.45) is 0. The SMILES string of the molecule is CC(C)(C)c1cc(C(C(=O)OCCSCCO)c2cc(C(C)(C)C)c(O)c(C(C)(C)C)c2)cc(C(C)(C)C)c1O. The van der Waals surface area contributed by atoms with Crippen LogP contribution in [-0.2, 0) is 31.2 Å². The molecular formula is C34H52O5S. The maximum Gasteiger partial charge on any atom is 0.317 e. The number of benzene rings is 2. The Hall–Kier alpha value is -2.18. The number of phenolic OH excluding ortho intramolecular Hbond substituents is 2. The van der Waals surface area contributed by atoms with Gasteiger partial charge in [0, 0.05) is 11.5 Å². The lowest BCUT2D eigenvalue weighted by Crippen LogP contribution is -2.24. The van der Waals surface area contributed by atoms with Crippen LogP contribution in [0.3, 0.4) is 0 Å². The van der Waals surface area contributed by atoms with E-state index in [-0.39, 0.29) is 52.3 Å². The number of hydrogen-bond donors (Lipinski definition) is 3. The standard InChI is InChI=1S/C34H52O5S/c1-31(2,3)23-17-21(18-24(28(23)36)32(4,5)6)27(30(38)39-14-16-40-15-13-35)22-19-25(33(7,8)9)29(37)26(20-22)34(10,11)12/h17-20,27,35-37H,13-16H2,1-12H3. The molecule has 0 radical (unpaired) electrons. The third-order valence-electron chi connectivity index (χ3n) is 7.11. The Bertz CT molecular complexity index is 1040. The van der Waals surface area contributed by atoms with Gasteiger partial charge < -0.3 is 20.1 Å². The molecule has 0 heterocycles. The average molecular weight is 573 g/mol. The molecule has 0 unspecified atom stereocenters. The minimum atomic E-state index is -0.756. The van der Waals surface area contributed by atoms with Crippen molar-refractivity contribution in [1.82, 2.24) is 0 Å². The zero-order chi connectivity index (χ0) is 30.8. The number of carbonyl (C=O) groups excluding carboxylic acids is 1. The summed E-state index contributed by atoms with van der Waals surface area (Å²) in [4.78, 5) is 14.0. The number of rotatable bonds is 8. The van der Waals surface area contributed by atoms with E-state index >= 15 is 0 Å². The zero-order valence-electron chi connectivity index (χ0n) is 26.8. The summed E-state index contributed by atoms with van der Waals surface area (Å²) in [5, 5.41) is 31.8. The summed E-state index contributed by atoms with van der Waals surface area (Å²) < 4.78 is 5.86. The van der Waals surface area contributed by atoms with Gasteiger partial charge in [-0.2, -0.15) is 11.8 Å². The third kappa shape index (κ3) is 8.19. The molecule has 0 aliphatic rings. The fourth-order valence-corrected chi connectivity index (χ4v) is 5.38. The summed E-state index contributed by atoms with van der Waals surface area (Å²) in [6.45, 7) is 25.0. The maximum absolute atomic E-state index is 14.0. The number of phenols is 2. The van der Waals surface area contributed by atoms with Gasteiger partial charge in [-0.05, 0) is 55.0 Å². The third-order valence-corrected chi connectivity index (χ3v) is 8.03. The second-order valence-electron chi connectivity index (χ2n) is 14.9. The van der Waals surface area contributed by atoms with Crippen molar-refractivity contribution < 1.29 is 24.9 Å². The minimum absolute atomic E-state index is 0.0819. The van der Waals surface area contributed by atoms with Crippen molar-refractivity contribution in [2.45, 2.75) is 111 Å². The van der Waals surface area contributed by atoms with Crippen LogP contribution in [0.5, 0.6) is 11.5 Å². The van der Waals surface area contributed by atoms with Crippen LogP contribution < -0.4 is 0 Å². The van der Waals surface area contributed by atoms with E-state index in [1.54, 1.807) is 0 Å². The molecule has 40 heavy (non-hydrogen) atoms. The first kappa shape index (κ1) is 34.0. The Balaban J connectivity index is 2.92. The van der Waals surface area contributed by atoms with Gasteiger partial charge in [-0.25, -0.2) is 0 Å².